The van der Waals surface area contributed by atoms with Crippen LogP contribution in [0.4, 0.5) is 5.82 Å². The van der Waals surface area contributed by atoms with E-state index in [2.05, 4.69) is 27.6 Å². The van der Waals surface area contributed by atoms with Gasteiger partial charge in [-0.1, -0.05) is 49.7 Å². The first kappa shape index (κ1) is 32.5. The summed E-state index contributed by atoms with van der Waals surface area (Å²) in [5.74, 6) is 0.276. The van der Waals surface area contributed by atoms with Crippen LogP contribution in [0, 0.1) is 0 Å². The summed E-state index contributed by atoms with van der Waals surface area (Å²) in [6.45, 7) is 10.3. The number of nitrogens with zero attached hydrogens (tertiary/aromatic N) is 2. The summed E-state index contributed by atoms with van der Waals surface area (Å²) in [4.78, 5) is 17.2. The normalized spacial score (nSPS) is 14.6. The van der Waals surface area contributed by atoms with E-state index in [4.69, 9.17) is 24.3 Å². The zero-order chi connectivity index (χ0) is 31.0. The van der Waals surface area contributed by atoms with Gasteiger partial charge in [0.05, 0.1) is 30.4 Å². The number of esters is 1. The molecule has 3 atom stereocenters. The number of anilines is 1. The number of nitrogens with one attached hydrogen (secondary N) is 1. The molecule has 0 spiro atoms. The maximum absolute atomic E-state index is 14.0. The van der Waals surface area contributed by atoms with Crippen molar-refractivity contribution in [2.45, 2.75) is 78.7 Å². The number of carbonyl (C=O) groups excluding carboxylic acids is 1. The molecule has 10 nitrogen and oxygen atoms in total. The van der Waals surface area contributed by atoms with Gasteiger partial charge in [-0.25, -0.2) is 9.55 Å². The van der Waals surface area contributed by atoms with E-state index in [1.54, 1.807) is 45.0 Å². The second-order valence-corrected chi connectivity index (χ2v) is 12.4. The predicted octanol–water partition coefficient (Wildman–Crippen LogP) is 7.17. The molecular weight excluding hydrogens is 567 g/mol. The molecule has 0 fully saturated rings. The zero-order valence-corrected chi connectivity index (χ0v) is 26.5. The summed E-state index contributed by atoms with van der Waals surface area (Å²) in [5, 5.41) is 4.64. The average molecular weight is 611 g/mol. The molecule has 232 valence electrons. The second kappa shape index (κ2) is 14.8. The summed E-state index contributed by atoms with van der Waals surface area (Å²) in [7, 11) is -3.99. The molecule has 0 saturated heterocycles. The van der Waals surface area contributed by atoms with E-state index < -0.39 is 19.8 Å². The number of rotatable bonds is 16. The molecule has 2 aromatic heterocycles. The summed E-state index contributed by atoms with van der Waals surface area (Å²) >= 11 is 0. The molecule has 0 amide bonds. The SMILES string of the molecule is CCCC(CCOP(=O)(NC(C)C(=O)OC(C)C)Oc1ccccc1)n1c(COCC)cc2c(N)nc3ccccc3c21. The molecule has 0 saturated carbocycles. The number of benzene rings is 2. The molecule has 2 aromatic carbocycles. The lowest BCUT2D eigenvalue weighted by Gasteiger charge is -2.26. The fraction of sp³-hybridized carbons (Fsp3) is 0.438. The van der Waals surface area contributed by atoms with Crippen molar-refractivity contribution < 1.29 is 27.9 Å². The minimum atomic E-state index is -3.99. The monoisotopic (exact) mass is 610 g/mol. The quantitative estimate of drug-likeness (QED) is 0.100. The smallest absolute Gasteiger partial charge is 0.459 e. The topological polar surface area (TPSA) is 127 Å². The molecule has 4 aromatic rings. The number of hydrogen-bond acceptors (Lipinski definition) is 8. The van der Waals surface area contributed by atoms with Crippen LogP contribution < -0.4 is 15.3 Å². The molecule has 3 unspecified atom stereocenters. The lowest BCUT2D eigenvalue weighted by atomic mass is 10.1. The Kier molecular flexibility index (Phi) is 11.2. The van der Waals surface area contributed by atoms with E-state index in [1.807, 2.05) is 37.3 Å². The first-order valence-electron chi connectivity index (χ1n) is 14.9. The van der Waals surface area contributed by atoms with Crippen molar-refractivity contribution >= 4 is 41.3 Å². The van der Waals surface area contributed by atoms with Crippen LogP contribution in [0.2, 0.25) is 0 Å². The third-order valence-electron chi connectivity index (χ3n) is 6.97. The van der Waals surface area contributed by atoms with Gasteiger partial charge in [-0.05, 0) is 64.8 Å². The predicted molar refractivity (Wildman–Crippen MR) is 170 cm³/mol. The minimum Gasteiger partial charge on any atom is -0.462 e. The molecule has 0 bridgehead atoms. The van der Waals surface area contributed by atoms with Gasteiger partial charge in [0.1, 0.15) is 17.6 Å². The Hall–Kier alpha value is -3.43. The van der Waals surface area contributed by atoms with Crippen molar-refractivity contribution in [2.24, 2.45) is 0 Å². The Bertz CT molecular complexity index is 1560. The number of para-hydroxylation sites is 2. The Balaban J connectivity index is 1.65. The number of fused-ring (bicyclic) bond motifs is 3. The van der Waals surface area contributed by atoms with Crippen molar-refractivity contribution in [3.05, 3.63) is 66.4 Å². The van der Waals surface area contributed by atoms with Crippen molar-refractivity contribution in [3.63, 3.8) is 0 Å². The van der Waals surface area contributed by atoms with Crippen LogP contribution >= 0.6 is 7.75 Å². The largest absolute Gasteiger partial charge is 0.462 e. The van der Waals surface area contributed by atoms with E-state index in [9.17, 15) is 9.36 Å². The van der Waals surface area contributed by atoms with Crippen molar-refractivity contribution in [2.75, 3.05) is 18.9 Å². The molecule has 0 radical (unpaired) electrons. The van der Waals surface area contributed by atoms with E-state index in [-0.39, 0.29) is 18.8 Å². The standard InChI is InChI=1S/C32H43N4O6P/c1-6-13-24(36-25(21-39-7-2)20-28-30(36)27-16-11-12-17-29(27)34-31(28)33)18-19-40-43(38,42-26-14-9-8-10-15-26)35-23(5)32(37)41-22(3)4/h8-12,14-17,20,22-24H,6-7,13,18-19,21H2,1-5H3,(H2,33,34)(H,35,38). The maximum Gasteiger partial charge on any atom is 0.459 e. The van der Waals surface area contributed by atoms with Crippen molar-refractivity contribution in [1.29, 1.82) is 0 Å². The molecule has 11 heteroatoms. The lowest BCUT2D eigenvalue weighted by Crippen LogP contribution is -2.36. The maximum atomic E-state index is 14.0. The zero-order valence-electron chi connectivity index (χ0n) is 25.6. The van der Waals surface area contributed by atoms with Crippen molar-refractivity contribution in [3.8, 4) is 5.75 Å². The van der Waals surface area contributed by atoms with Gasteiger partial charge in [0.25, 0.3) is 0 Å². The van der Waals surface area contributed by atoms with Gasteiger partial charge in [-0.15, -0.1) is 0 Å². The van der Waals surface area contributed by atoms with Crippen LogP contribution in [0.3, 0.4) is 0 Å². The Morgan fingerprint density at radius 1 is 1.02 bits per heavy atom. The number of nitrogens with two attached hydrogens (primary N) is 1. The summed E-state index contributed by atoms with van der Waals surface area (Å²) in [6.07, 6.45) is 1.94. The van der Waals surface area contributed by atoms with Crippen molar-refractivity contribution in [1.82, 2.24) is 14.6 Å². The first-order valence-corrected chi connectivity index (χ1v) is 16.4. The van der Waals surface area contributed by atoms with E-state index in [0.717, 1.165) is 40.3 Å². The fourth-order valence-electron chi connectivity index (χ4n) is 5.12. The Morgan fingerprint density at radius 3 is 2.44 bits per heavy atom. The molecule has 3 N–H and O–H groups in total. The average Bonchev–Trinajstić information content (AvgIpc) is 3.36. The Morgan fingerprint density at radius 2 is 1.74 bits per heavy atom. The number of aromatic nitrogens is 2. The summed E-state index contributed by atoms with van der Waals surface area (Å²) in [5.41, 5.74) is 9.23. The van der Waals surface area contributed by atoms with Gasteiger partial charge in [-0.3, -0.25) is 9.32 Å². The summed E-state index contributed by atoms with van der Waals surface area (Å²) in [6, 6.07) is 17.8. The highest BCUT2D eigenvalue weighted by molar-refractivity contribution is 7.52. The van der Waals surface area contributed by atoms with Crippen LogP contribution in [0.1, 0.15) is 65.6 Å². The van der Waals surface area contributed by atoms with Gasteiger partial charge in [0.15, 0.2) is 0 Å². The highest BCUT2D eigenvalue weighted by Gasteiger charge is 2.33. The van der Waals surface area contributed by atoms with Gasteiger partial charge < -0.3 is 24.3 Å². The molecule has 43 heavy (non-hydrogen) atoms. The highest BCUT2D eigenvalue weighted by Crippen LogP contribution is 2.46. The number of hydrogen-bond donors (Lipinski definition) is 2. The van der Waals surface area contributed by atoms with Gasteiger partial charge >= 0.3 is 13.7 Å². The van der Waals surface area contributed by atoms with Gasteiger partial charge in [0, 0.05) is 29.1 Å². The number of ether oxygens (including phenoxy) is 2. The lowest BCUT2D eigenvalue weighted by molar-refractivity contribution is -0.149. The first-order chi connectivity index (χ1) is 20.7. The third kappa shape index (κ3) is 8.15. The van der Waals surface area contributed by atoms with Crippen LogP contribution in [-0.2, 0) is 30.0 Å². The van der Waals surface area contributed by atoms with Crippen LogP contribution in [0.5, 0.6) is 5.75 Å². The molecule has 0 aliphatic heterocycles. The second-order valence-electron chi connectivity index (χ2n) is 10.7. The van der Waals surface area contributed by atoms with Crippen LogP contribution in [0.15, 0.2) is 60.7 Å². The highest BCUT2D eigenvalue weighted by atomic mass is 31.2. The molecule has 0 aliphatic carbocycles. The van der Waals surface area contributed by atoms with E-state index in [1.165, 1.54) is 0 Å². The Labute approximate surface area is 253 Å². The molecule has 0 aliphatic rings. The number of carbonyl (C=O) groups is 1. The van der Waals surface area contributed by atoms with Gasteiger partial charge in [-0.2, -0.15) is 5.09 Å². The third-order valence-corrected chi connectivity index (χ3v) is 8.65. The van der Waals surface area contributed by atoms with Crippen LogP contribution in [0.25, 0.3) is 21.8 Å². The number of pyridine rings is 1. The van der Waals surface area contributed by atoms with E-state index >= 15 is 0 Å². The number of nitrogen functional groups attached to an aromatic ring is 1. The molecule has 2 heterocycles. The fourth-order valence-corrected chi connectivity index (χ4v) is 6.63. The molecule has 4 rings (SSSR count). The van der Waals surface area contributed by atoms with E-state index in [0.29, 0.717) is 31.2 Å². The molecular formula is C32H43N4O6P. The van der Waals surface area contributed by atoms with Gasteiger partial charge in [0.2, 0.25) is 0 Å². The van der Waals surface area contributed by atoms with Crippen LogP contribution in [-0.4, -0.2) is 40.9 Å². The minimum absolute atomic E-state index is 0.0309. The summed E-state index contributed by atoms with van der Waals surface area (Å²) < 4.78 is 39.3.